The first-order chi connectivity index (χ1) is 7.63. The number of aliphatic carboxylic acids is 1. The van der Waals surface area contributed by atoms with Gasteiger partial charge in [-0.3, -0.25) is 4.79 Å². The Labute approximate surface area is 93.9 Å². The van der Waals surface area contributed by atoms with Crippen molar-refractivity contribution in [2.45, 2.75) is 6.92 Å². The zero-order chi connectivity index (χ0) is 12.0. The molecule has 0 atom stereocenters. The SMILES string of the molecule is COCCN(CC(=O)O)c1nccc(C)n1. The molecule has 1 heterocycles. The topological polar surface area (TPSA) is 75.5 Å². The Bertz CT molecular complexity index is 357. The number of aromatic nitrogens is 2. The maximum absolute atomic E-state index is 10.7. The third-order valence-corrected chi connectivity index (χ3v) is 1.96. The summed E-state index contributed by atoms with van der Waals surface area (Å²) in [6, 6.07) is 1.76. The standard InChI is InChI=1S/C10H15N3O3/c1-8-3-4-11-10(12-8)13(5-6-16-2)7-9(14)15/h3-4H,5-7H2,1-2H3,(H,14,15). The minimum Gasteiger partial charge on any atom is -0.480 e. The van der Waals surface area contributed by atoms with Crippen molar-refractivity contribution in [3.05, 3.63) is 18.0 Å². The average Bonchev–Trinajstić information content (AvgIpc) is 2.23. The van der Waals surface area contributed by atoms with Crippen molar-refractivity contribution in [1.29, 1.82) is 0 Å². The Morgan fingerprint density at radius 2 is 2.38 bits per heavy atom. The fourth-order valence-electron chi connectivity index (χ4n) is 1.20. The fraction of sp³-hybridized carbons (Fsp3) is 0.500. The van der Waals surface area contributed by atoms with Crippen molar-refractivity contribution in [1.82, 2.24) is 9.97 Å². The van der Waals surface area contributed by atoms with Gasteiger partial charge in [-0.1, -0.05) is 0 Å². The third-order valence-electron chi connectivity index (χ3n) is 1.96. The van der Waals surface area contributed by atoms with Crippen LogP contribution in [0.3, 0.4) is 0 Å². The van der Waals surface area contributed by atoms with Crippen LogP contribution in [-0.2, 0) is 9.53 Å². The highest BCUT2D eigenvalue weighted by molar-refractivity contribution is 5.72. The van der Waals surface area contributed by atoms with Gasteiger partial charge in [0, 0.05) is 25.5 Å². The van der Waals surface area contributed by atoms with E-state index < -0.39 is 5.97 Å². The first kappa shape index (κ1) is 12.4. The smallest absolute Gasteiger partial charge is 0.323 e. The molecule has 6 heteroatoms. The van der Waals surface area contributed by atoms with Crippen LogP contribution in [0.15, 0.2) is 12.3 Å². The van der Waals surface area contributed by atoms with Gasteiger partial charge in [0.15, 0.2) is 0 Å². The molecule has 0 bridgehead atoms. The number of anilines is 1. The zero-order valence-electron chi connectivity index (χ0n) is 9.38. The van der Waals surface area contributed by atoms with Gasteiger partial charge in [-0.15, -0.1) is 0 Å². The minimum atomic E-state index is -0.916. The van der Waals surface area contributed by atoms with Gasteiger partial charge in [-0.2, -0.15) is 0 Å². The van der Waals surface area contributed by atoms with E-state index >= 15 is 0 Å². The largest absolute Gasteiger partial charge is 0.480 e. The number of ether oxygens (including phenoxy) is 1. The summed E-state index contributed by atoms with van der Waals surface area (Å²) in [5, 5.41) is 8.78. The zero-order valence-corrected chi connectivity index (χ0v) is 9.38. The van der Waals surface area contributed by atoms with Crippen LogP contribution >= 0.6 is 0 Å². The predicted octanol–water partition coefficient (Wildman–Crippen LogP) is 0.322. The number of rotatable bonds is 6. The molecule has 88 valence electrons. The van der Waals surface area contributed by atoms with Crippen LogP contribution in [0.1, 0.15) is 5.69 Å². The Morgan fingerprint density at radius 3 is 2.94 bits per heavy atom. The number of nitrogens with zero attached hydrogens (tertiary/aromatic N) is 3. The summed E-state index contributed by atoms with van der Waals surface area (Å²) >= 11 is 0. The van der Waals surface area contributed by atoms with Crippen molar-refractivity contribution in [3.8, 4) is 0 Å². The molecule has 0 radical (unpaired) electrons. The van der Waals surface area contributed by atoms with E-state index in [0.717, 1.165) is 5.69 Å². The molecule has 0 aliphatic carbocycles. The van der Waals surface area contributed by atoms with Crippen LogP contribution in [0.5, 0.6) is 0 Å². The van der Waals surface area contributed by atoms with Crippen molar-refractivity contribution in [2.24, 2.45) is 0 Å². The lowest BCUT2D eigenvalue weighted by Gasteiger charge is -2.19. The number of hydrogen-bond acceptors (Lipinski definition) is 5. The van der Waals surface area contributed by atoms with Gasteiger partial charge in [-0.25, -0.2) is 9.97 Å². The molecule has 0 aromatic carbocycles. The van der Waals surface area contributed by atoms with Crippen LogP contribution in [0.4, 0.5) is 5.95 Å². The molecule has 1 aromatic heterocycles. The Hall–Kier alpha value is -1.69. The molecule has 6 nitrogen and oxygen atoms in total. The molecule has 0 saturated carbocycles. The molecule has 0 spiro atoms. The first-order valence-corrected chi connectivity index (χ1v) is 4.89. The van der Waals surface area contributed by atoms with Crippen LogP contribution in [0, 0.1) is 6.92 Å². The Kier molecular flexibility index (Phi) is 4.65. The molecule has 1 N–H and O–H groups in total. The Balaban J connectivity index is 2.78. The first-order valence-electron chi connectivity index (χ1n) is 4.89. The van der Waals surface area contributed by atoms with Gasteiger partial charge >= 0.3 is 5.97 Å². The number of hydrogen-bond donors (Lipinski definition) is 1. The summed E-state index contributed by atoms with van der Waals surface area (Å²) in [7, 11) is 1.57. The van der Waals surface area contributed by atoms with E-state index in [1.807, 2.05) is 6.92 Å². The quantitative estimate of drug-likeness (QED) is 0.751. The van der Waals surface area contributed by atoms with E-state index in [2.05, 4.69) is 9.97 Å². The number of carbonyl (C=O) groups is 1. The van der Waals surface area contributed by atoms with E-state index in [9.17, 15) is 4.79 Å². The summed E-state index contributed by atoms with van der Waals surface area (Å²) in [5.74, 6) is -0.499. The maximum Gasteiger partial charge on any atom is 0.323 e. The van der Waals surface area contributed by atoms with Crippen molar-refractivity contribution < 1.29 is 14.6 Å². The van der Waals surface area contributed by atoms with Crippen LogP contribution in [-0.4, -0.2) is 47.8 Å². The third kappa shape index (κ3) is 3.82. The number of methoxy groups -OCH3 is 1. The van der Waals surface area contributed by atoms with E-state index in [-0.39, 0.29) is 6.54 Å². The predicted molar refractivity (Wildman–Crippen MR) is 58.5 cm³/mol. The number of carboxylic acid groups (broad SMARTS) is 1. The summed E-state index contributed by atoms with van der Waals surface area (Å²) in [5.41, 5.74) is 0.804. The molecule has 1 aromatic rings. The molecule has 0 amide bonds. The maximum atomic E-state index is 10.7. The summed E-state index contributed by atoms with van der Waals surface area (Å²) in [6.45, 7) is 2.59. The van der Waals surface area contributed by atoms with E-state index in [0.29, 0.717) is 19.1 Å². The summed E-state index contributed by atoms with van der Waals surface area (Å²) in [4.78, 5) is 20.5. The average molecular weight is 225 g/mol. The lowest BCUT2D eigenvalue weighted by atomic mass is 10.4. The molecule has 16 heavy (non-hydrogen) atoms. The molecule has 0 unspecified atom stereocenters. The molecule has 0 saturated heterocycles. The molecule has 0 fully saturated rings. The summed E-state index contributed by atoms with van der Waals surface area (Å²) < 4.78 is 4.92. The van der Waals surface area contributed by atoms with Crippen LogP contribution < -0.4 is 4.90 Å². The van der Waals surface area contributed by atoms with Gasteiger partial charge < -0.3 is 14.7 Å². The normalized spacial score (nSPS) is 10.1. The second-order valence-corrected chi connectivity index (χ2v) is 3.31. The van der Waals surface area contributed by atoms with Crippen molar-refractivity contribution in [2.75, 3.05) is 31.7 Å². The lowest BCUT2D eigenvalue weighted by molar-refractivity contribution is -0.135. The van der Waals surface area contributed by atoms with Crippen molar-refractivity contribution >= 4 is 11.9 Å². The monoisotopic (exact) mass is 225 g/mol. The second-order valence-electron chi connectivity index (χ2n) is 3.31. The van der Waals surface area contributed by atoms with Gasteiger partial charge in [0.25, 0.3) is 0 Å². The van der Waals surface area contributed by atoms with Crippen molar-refractivity contribution in [3.63, 3.8) is 0 Å². The van der Waals surface area contributed by atoms with Gasteiger partial charge in [0.2, 0.25) is 5.95 Å². The van der Waals surface area contributed by atoms with E-state index in [1.165, 1.54) is 0 Å². The Morgan fingerprint density at radius 1 is 1.62 bits per heavy atom. The lowest BCUT2D eigenvalue weighted by Crippen LogP contribution is -2.34. The second kappa shape index (κ2) is 6.02. The fourth-order valence-corrected chi connectivity index (χ4v) is 1.20. The highest BCUT2D eigenvalue weighted by atomic mass is 16.5. The molecular formula is C10H15N3O3. The minimum absolute atomic E-state index is 0.132. The van der Waals surface area contributed by atoms with Crippen LogP contribution in [0.25, 0.3) is 0 Å². The van der Waals surface area contributed by atoms with Gasteiger partial charge in [0.05, 0.1) is 6.61 Å². The number of aryl methyl sites for hydroxylation is 1. The molecular weight excluding hydrogens is 210 g/mol. The highest BCUT2D eigenvalue weighted by Gasteiger charge is 2.12. The highest BCUT2D eigenvalue weighted by Crippen LogP contribution is 2.06. The van der Waals surface area contributed by atoms with E-state index in [4.69, 9.17) is 9.84 Å². The molecule has 1 rings (SSSR count). The van der Waals surface area contributed by atoms with Gasteiger partial charge in [0.1, 0.15) is 6.54 Å². The van der Waals surface area contributed by atoms with Gasteiger partial charge in [-0.05, 0) is 13.0 Å². The van der Waals surface area contributed by atoms with E-state index in [1.54, 1.807) is 24.3 Å². The molecule has 0 aliphatic rings. The summed E-state index contributed by atoms with van der Waals surface area (Å²) in [6.07, 6.45) is 1.61. The van der Waals surface area contributed by atoms with Crippen LogP contribution in [0.2, 0.25) is 0 Å². The molecule has 0 aliphatic heterocycles. The number of carboxylic acids is 1.